The number of halogens is 2. The summed E-state index contributed by atoms with van der Waals surface area (Å²) < 4.78 is 0. The first kappa shape index (κ1) is 25.1. The zero-order chi connectivity index (χ0) is 19.9. The standard InChI is InChI=1S/C18H33P.C6H6.2ClH.Ru/c1-4-10-16(11-5-1)19(17-12-6-2-7-13-17)18-14-8-3-9-15-18;1-2-4-6-5-3-1;;;/h16-18H,1-15H2;1-6H;2*1H;/q;;;;+2/p-2. The largest absolute Gasteiger partial charge is 0.0623 e. The molecule has 162 valence electrons. The van der Waals surface area contributed by atoms with Gasteiger partial charge in [0.1, 0.15) is 0 Å². The van der Waals surface area contributed by atoms with Crippen LogP contribution < -0.4 is 0 Å². The van der Waals surface area contributed by atoms with E-state index in [0.717, 1.165) is 0 Å². The van der Waals surface area contributed by atoms with Crippen LogP contribution in [0.1, 0.15) is 96.3 Å². The predicted molar refractivity (Wildman–Crippen MR) is 126 cm³/mol. The summed E-state index contributed by atoms with van der Waals surface area (Å²) in [5.74, 6) is 0. The van der Waals surface area contributed by atoms with Gasteiger partial charge in [0, 0.05) is 0 Å². The Hall–Kier alpha value is 0.853. The van der Waals surface area contributed by atoms with Gasteiger partial charge in [-0.3, -0.25) is 0 Å². The quantitative estimate of drug-likeness (QED) is 0.270. The molecule has 4 heteroatoms. The molecular formula is C24H39Cl2PRu. The van der Waals surface area contributed by atoms with Crippen LogP contribution in [-0.4, -0.2) is 17.0 Å². The summed E-state index contributed by atoms with van der Waals surface area (Å²) in [6.45, 7) is 0. The third-order valence-corrected chi connectivity index (χ3v) is 10.7. The molecule has 0 saturated heterocycles. The first-order valence-corrected chi connectivity index (χ1v) is 17.5. The van der Waals surface area contributed by atoms with E-state index >= 15 is 0 Å². The normalized spacial score (nSPS) is 22.1. The average Bonchev–Trinajstić information content (AvgIpc) is 2.78. The summed E-state index contributed by atoms with van der Waals surface area (Å²) in [6, 6.07) is 12.0. The Morgan fingerprint density at radius 3 is 0.893 bits per heavy atom. The molecule has 0 N–H and O–H groups in total. The van der Waals surface area contributed by atoms with Gasteiger partial charge >= 0.3 is 34.5 Å². The molecule has 0 aromatic heterocycles. The molecule has 1 aromatic carbocycles. The van der Waals surface area contributed by atoms with Crippen LogP contribution in [0.5, 0.6) is 0 Å². The average molecular weight is 531 g/mol. The Labute approximate surface area is 191 Å². The van der Waals surface area contributed by atoms with Crippen molar-refractivity contribution in [1.82, 2.24) is 0 Å². The zero-order valence-corrected chi connectivity index (χ0v) is 21.5. The predicted octanol–water partition coefficient (Wildman–Crippen LogP) is 9.53. The molecule has 0 spiro atoms. The van der Waals surface area contributed by atoms with Crippen molar-refractivity contribution in [2.75, 3.05) is 0 Å². The van der Waals surface area contributed by atoms with Crippen LogP contribution in [0.4, 0.5) is 0 Å². The number of rotatable bonds is 3. The van der Waals surface area contributed by atoms with Crippen molar-refractivity contribution in [2.24, 2.45) is 0 Å². The smallest absolute Gasteiger partial charge is 0.0623 e. The molecular weight excluding hydrogens is 491 g/mol. The van der Waals surface area contributed by atoms with E-state index in [1.807, 2.05) is 36.4 Å². The van der Waals surface area contributed by atoms with Gasteiger partial charge in [-0.1, -0.05) is 102 Å². The van der Waals surface area contributed by atoms with Gasteiger partial charge in [-0.05, 0) is 55.5 Å². The minimum atomic E-state index is -0.346. The maximum absolute atomic E-state index is 4.85. The van der Waals surface area contributed by atoms with Gasteiger partial charge in [0.25, 0.3) is 0 Å². The second-order valence-corrected chi connectivity index (χ2v) is 14.3. The van der Waals surface area contributed by atoms with Gasteiger partial charge in [0.05, 0.1) is 0 Å². The van der Waals surface area contributed by atoms with Crippen LogP contribution in [0.15, 0.2) is 36.4 Å². The van der Waals surface area contributed by atoms with Crippen molar-refractivity contribution in [3.8, 4) is 0 Å². The number of hydrogen-bond acceptors (Lipinski definition) is 0. The van der Waals surface area contributed by atoms with E-state index in [-0.39, 0.29) is 15.1 Å². The summed E-state index contributed by atoms with van der Waals surface area (Å²) >= 11 is -0.346. The minimum absolute atomic E-state index is 0.346. The monoisotopic (exact) mass is 530 g/mol. The van der Waals surface area contributed by atoms with Gasteiger partial charge in [-0.2, -0.15) is 0 Å². The molecule has 0 atom stereocenters. The Morgan fingerprint density at radius 2 is 0.679 bits per heavy atom. The first-order chi connectivity index (χ1) is 13.9. The molecule has 3 fully saturated rings. The molecule has 0 aliphatic heterocycles. The van der Waals surface area contributed by atoms with E-state index in [1.54, 1.807) is 77.0 Å². The van der Waals surface area contributed by atoms with Gasteiger partial charge in [0.15, 0.2) is 0 Å². The number of hydrogen-bond donors (Lipinski definition) is 0. The van der Waals surface area contributed by atoms with Crippen molar-refractivity contribution in [3.05, 3.63) is 36.4 Å². The summed E-state index contributed by atoms with van der Waals surface area (Å²) in [5, 5.41) is 0. The molecule has 0 heterocycles. The summed E-state index contributed by atoms with van der Waals surface area (Å²) in [5.41, 5.74) is 3.57. The molecule has 0 nitrogen and oxygen atoms in total. The van der Waals surface area contributed by atoms with Gasteiger partial charge in [0.2, 0.25) is 0 Å². The second kappa shape index (κ2) is 16.5. The Bertz CT molecular complexity index is 385. The van der Waals surface area contributed by atoms with Gasteiger partial charge < -0.3 is 0 Å². The van der Waals surface area contributed by atoms with Crippen LogP contribution in [0.25, 0.3) is 0 Å². The maximum Gasteiger partial charge on any atom is -0.0623 e. The first-order valence-electron chi connectivity index (χ1n) is 11.5. The van der Waals surface area contributed by atoms with E-state index < -0.39 is 0 Å². The molecule has 0 amide bonds. The van der Waals surface area contributed by atoms with E-state index in [0.29, 0.717) is 7.92 Å². The SMILES string of the molecule is C1CCC(P(C2CCCCC2)C2CCCCC2)CC1.[Cl][Ru][Cl].c1ccccc1. The van der Waals surface area contributed by atoms with E-state index in [1.165, 1.54) is 36.2 Å². The van der Waals surface area contributed by atoms with Crippen LogP contribution in [-0.2, 0) is 15.1 Å². The van der Waals surface area contributed by atoms with Crippen LogP contribution in [0.3, 0.4) is 0 Å². The molecule has 1 aromatic rings. The summed E-state index contributed by atoms with van der Waals surface area (Å²) in [6.07, 6.45) is 23.6. The Balaban J connectivity index is 0.000000260. The second-order valence-electron chi connectivity index (χ2n) is 8.53. The molecule has 28 heavy (non-hydrogen) atoms. The third-order valence-electron chi connectivity index (χ3n) is 6.66. The Morgan fingerprint density at radius 1 is 0.464 bits per heavy atom. The van der Waals surface area contributed by atoms with Crippen LogP contribution in [0, 0.1) is 0 Å². The van der Waals surface area contributed by atoms with E-state index in [9.17, 15) is 0 Å². The van der Waals surface area contributed by atoms with Crippen molar-refractivity contribution in [1.29, 1.82) is 0 Å². The topological polar surface area (TPSA) is 0 Å². The number of benzene rings is 1. The summed E-state index contributed by atoms with van der Waals surface area (Å²) in [4.78, 5) is 0. The van der Waals surface area contributed by atoms with E-state index in [2.05, 4.69) is 0 Å². The maximum atomic E-state index is 4.85. The molecule has 0 unspecified atom stereocenters. The van der Waals surface area contributed by atoms with Crippen molar-refractivity contribution >= 4 is 27.3 Å². The molecule has 3 aliphatic carbocycles. The van der Waals surface area contributed by atoms with Crippen molar-refractivity contribution in [3.63, 3.8) is 0 Å². The molecule has 3 saturated carbocycles. The summed E-state index contributed by atoms with van der Waals surface area (Å²) in [7, 11) is 10.1. The van der Waals surface area contributed by atoms with Gasteiger partial charge in [-0.25, -0.2) is 0 Å². The molecule has 4 rings (SSSR count). The molecule has 0 radical (unpaired) electrons. The van der Waals surface area contributed by atoms with E-state index in [4.69, 9.17) is 19.4 Å². The minimum Gasteiger partial charge on any atom is -0.0623 e. The van der Waals surface area contributed by atoms with Crippen LogP contribution in [0.2, 0.25) is 0 Å². The van der Waals surface area contributed by atoms with Crippen LogP contribution >= 0.6 is 27.3 Å². The van der Waals surface area contributed by atoms with Gasteiger partial charge in [-0.15, -0.1) is 0 Å². The van der Waals surface area contributed by atoms with Crippen molar-refractivity contribution in [2.45, 2.75) is 113 Å². The zero-order valence-electron chi connectivity index (χ0n) is 17.4. The Kier molecular flexibility index (Phi) is 14.8. The third kappa shape index (κ3) is 9.77. The fraction of sp³-hybridized carbons (Fsp3) is 0.750. The van der Waals surface area contributed by atoms with Crippen molar-refractivity contribution < 1.29 is 15.1 Å². The molecule has 3 aliphatic rings. The fourth-order valence-electron chi connectivity index (χ4n) is 5.42. The molecule has 0 bridgehead atoms. The fourth-order valence-corrected chi connectivity index (χ4v) is 10.1.